The third-order valence-electron chi connectivity index (χ3n) is 2.39. The fourth-order valence-corrected chi connectivity index (χ4v) is 1.58. The van der Waals surface area contributed by atoms with E-state index in [0.717, 1.165) is 5.69 Å². The average Bonchev–Trinajstić information content (AvgIpc) is 2.23. The van der Waals surface area contributed by atoms with E-state index >= 15 is 0 Å². The zero-order chi connectivity index (χ0) is 11.7. The highest BCUT2D eigenvalue weighted by atomic mass is 19.1. The third kappa shape index (κ3) is 1.69. The zero-order valence-electron chi connectivity index (χ0n) is 8.77. The number of rotatable bonds is 1. The lowest BCUT2D eigenvalue weighted by Crippen LogP contribution is -2.19. The topological polar surface area (TPSA) is 48.0 Å². The molecule has 0 aliphatic carbocycles. The van der Waals surface area contributed by atoms with Gasteiger partial charge in [-0.25, -0.2) is 4.39 Å². The Morgan fingerprint density at radius 3 is 2.62 bits per heavy atom. The summed E-state index contributed by atoms with van der Waals surface area (Å²) in [7, 11) is 0. The largest absolute Gasteiger partial charge is 0.396 e. The van der Waals surface area contributed by atoms with Crippen LogP contribution >= 0.6 is 0 Å². The Morgan fingerprint density at radius 1 is 1.25 bits per heavy atom. The number of nitrogens with two attached hydrogens (primary N) is 1. The molecule has 4 heteroatoms. The van der Waals surface area contributed by atoms with Gasteiger partial charge in [-0.15, -0.1) is 0 Å². The first-order valence-corrected chi connectivity index (χ1v) is 4.83. The van der Waals surface area contributed by atoms with Crippen LogP contribution in [0.25, 0.3) is 5.69 Å². The summed E-state index contributed by atoms with van der Waals surface area (Å²) in [5.74, 6) is -0.521. The number of benzene rings is 1. The van der Waals surface area contributed by atoms with Crippen LogP contribution in [-0.2, 0) is 0 Å². The Bertz CT molecular complexity index is 590. The second kappa shape index (κ2) is 3.81. The average molecular weight is 218 g/mol. The molecule has 82 valence electrons. The van der Waals surface area contributed by atoms with Gasteiger partial charge >= 0.3 is 0 Å². The Kier molecular flexibility index (Phi) is 2.48. The Labute approximate surface area is 92.0 Å². The van der Waals surface area contributed by atoms with Crippen molar-refractivity contribution < 1.29 is 4.39 Å². The first-order valence-electron chi connectivity index (χ1n) is 4.83. The van der Waals surface area contributed by atoms with Crippen LogP contribution in [0, 0.1) is 12.7 Å². The highest BCUT2D eigenvalue weighted by Crippen LogP contribution is 2.15. The molecule has 0 saturated heterocycles. The van der Waals surface area contributed by atoms with Crippen molar-refractivity contribution in [2.75, 3.05) is 5.73 Å². The highest BCUT2D eigenvalue weighted by molar-refractivity contribution is 5.47. The summed E-state index contributed by atoms with van der Waals surface area (Å²) in [5, 5.41) is 0. The summed E-state index contributed by atoms with van der Waals surface area (Å²) in [6.07, 6.45) is 0. The van der Waals surface area contributed by atoms with E-state index in [4.69, 9.17) is 5.73 Å². The first-order chi connectivity index (χ1) is 7.59. The minimum atomic E-state index is -0.521. The maximum Gasteiger partial charge on any atom is 0.255 e. The number of halogens is 1. The number of aromatic nitrogens is 1. The fourth-order valence-electron chi connectivity index (χ4n) is 1.58. The fraction of sp³-hybridized carbons (Fsp3) is 0.0833. The SMILES string of the molecule is Cc1cccc(=O)n1-c1ccc(N)c(F)c1. The van der Waals surface area contributed by atoms with Crippen LogP contribution in [0.1, 0.15) is 5.69 Å². The molecule has 0 amide bonds. The van der Waals surface area contributed by atoms with Crippen LogP contribution in [0.2, 0.25) is 0 Å². The van der Waals surface area contributed by atoms with Gasteiger partial charge in [0.25, 0.3) is 5.56 Å². The molecule has 0 atom stereocenters. The maximum absolute atomic E-state index is 13.3. The molecule has 0 saturated carbocycles. The van der Waals surface area contributed by atoms with Crippen LogP contribution in [0.4, 0.5) is 10.1 Å². The van der Waals surface area contributed by atoms with Gasteiger partial charge < -0.3 is 5.73 Å². The molecular formula is C12H11FN2O. The molecule has 0 aliphatic rings. The molecule has 0 radical (unpaired) electrons. The van der Waals surface area contributed by atoms with Crippen LogP contribution in [0.5, 0.6) is 0 Å². The molecule has 2 rings (SSSR count). The number of hydrogen-bond donors (Lipinski definition) is 1. The van der Waals surface area contributed by atoms with E-state index in [2.05, 4.69) is 0 Å². The van der Waals surface area contributed by atoms with Gasteiger partial charge in [-0.05, 0) is 25.1 Å². The molecule has 0 fully saturated rings. The lowest BCUT2D eigenvalue weighted by atomic mass is 10.2. The van der Waals surface area contributed by atoms with Crippen molar-refractivity contribution in [3.63, 3.8) is 0 Å². The summed E-state index contributed by atoms with van der Waals surface area (Å²) < 4.78 is 14.7. The van der Waals surface area contributed by atoms with Crippen molar-refractivity contribution >= 4 is 5.69 Å². The monoisotopic (exact) mass is 218 g/mol. The summed E-state index contributed by atoms with van der Waals surface area (Å²) >= 11 is 0. The van der Waals surface area contributed by atoms with Crippen LogP contribution in [-0.4, -0.2) is 4.57 Å². The zero-order valence-corrected chi connectivity index (χ0v) is 8.77. The van der Waals surface area contributed by atoms with Gasteiger partial charge in [0.2, 0.25) is 0 Å². The molecule has 0 unspecified atom stereocenters. The second-order valence-electron chi connectivity index (χ2n) is 3.55. The Morgan fingerprint density at radius 2 is 2.00 bits per heavy atom. The van der Waals surface area contributed by atoms with Crippen molar-refractivity contribution in [1.82, 2.24) is 4.57 Å². The smallest absolute Gasteiger partial charge is 0.255 e. The standard InChI is InChI=1S/C12H11FN2O/c1-8-3-2-4-12(16)15(8)9-5-6-11(14)10(13)7-9/h2-7H,14H2,1H3. The number of nitrogen functional groups attached to an aromatic ring is 1. The van der Waals surface area contributed by atoms with Crippen molar-refractivity contribution in [2.24, 2.45) is 0 Å². The number of aryl methyl sites for hydroxylation is 1. The van der Waals surface area contributed by atoms with E-state index < -0.39 is 5.82 Å². The van der Waals surface area contributed by atoms with Crippen molar-refractivity contribution in [3.05, 3.63) is 58.3 Å². The molecule has 0 bridgehead atoms. The lowest BCUT2D eigenvalue weighted by molar-refractivity contribution is 0.631. The van der Waals surface area contributed by atoms with Crippen LogP contribution < -0.4 is 11.3 Å². The summed E-state index contributed by atoms with van der Waals surface area (Å²) in [6.45, 7) is 1.79. The predicted octanol–water partition coefficient (Wildman–Crippen LogP) is 1.87. The van der Waals surface area contributed by atoms with E-state index in [1.807, 2.05) is 0 Å². The molecule has 3 nitrogen and oxygen atoms in total. The third-order valence-corrected chi connectivity index (χ3v) is 2.39. The van der Waals surface area contributed by atoms with Crippen molar-refractivity contribution in [3.8, 4) is 5.69 Å². The predicted molar refractivity (Wildman–Crippen MR) is 61.1 cm³/mol. The van der Waals surface area contributed by atoms with Gasteiger partial charge in [0, 0.05) is 17.8 Å². The molecule has 1 aromatic heterocycles. The van der Waals surface area contributed by atoms with Crippen LogP contribution in [0.3, 0.4) is 0 Å². The van der Waals surface area contributed by atoms with Crippen molar-refractivity contribution in [2.45, 2.75) is 6.92 Å². The quantitative estimate of drug-likeness (QED) is 0.743. The van der Waals surface area contributed by atoms with E-state index in [9.17, 15) is 9.18 Å². The highest BCUT2D eigenvalue weighted by Gasteiger charge is 2.05. The van der Waals surface area contributed by atoms with Crippen molar-refractivity contribution in [1.29, 1.82) is 0 Å². The minimum Gasteiger partial charge on any atom is -0.396 e. The Hall–Kier alpha value is -2.10. The molecule has 1 heterocycles. The summed E-state index contributed by atoms with van der Waals surface area (Å²) in [6, 6.07) is 9.21. The second-order valence-corrected chi connectivity index (χ2v) is 3.55. The number of hydrogen-bond acceptors (Lipinski definition) is 2. The number of nitrogens with zero attached hydrogens (tertiary/aromatic N) is 1. The van der Waals surface area contributed by atoms with Gasteiger partial charge in [-0.2, -0.15) is 0 Å². The van der Waals surface area contributed by atoms with E-state index in [0.29, 0.717) is 5.69 Å². The van der Waals surface area contributed by atoms with Gasteiger partial charge in [-0.3, -0.25) is 9.36 Å². The van der Waals surface area contributed by atoms with E-state index in [-0.39, 0.29) is 11.2 Å². The van der Waals surface area contributed by atoms with Gasteiger partial charge in [-0.1, -0.05) is 6.07 Å². The first kappa shape index (κ1) is 10.4. The Balaban J connectivity index is 2.68. The summed E-state index contributed by atoms with van der Waals surface area (Å²) in [5.41, 5.74) is 6.49. The van der Waals surface area contributed by atoms with E-state index in [1.54, 1.807) is 25.1 Å². The minimum absolute atomic E-state index is 0.0744. The molecule has 0 spiro atoms. The number of pyridine rings is 1. The molecular weight excluding hydrogens is 207 g/mol. The lowest BCUT2D eigenvalue weighted by Gasteiger charge is -2.09. The maximum atomic E-state index is 13.3. The van der Waals surface area contributed by atoms with Crippen LogP contribution in [0.15, 0.2) is 41.2 Å². The number of anilines is 1. The summed E-state index contributed by atoms with van der Waals surface area (Å²) in [4.78, 5) is 11.6. The molecule has 16 heavy (non-hydrogen) atoms. The molecule has 1 aromatic carbocycles. The molecule has 2 N–H and O–H groups in total. The van der Waals surface area contributed by atoms with Gasteiger partial charge in [0.15, 0.2) is 0 Å². The van der Waals surface area contributed by atoms with Gasteiger partial charge in [0.1, 0.15) is 5.82 Å². The molecule has 2 aromatic rings. The van der Waals surface area contributed by atoms with E-state index in [1.165, 1.54) is 22.8 Å². The molecule has 0 aliphatic heterocycles. The van der Waals surface area contributed by atoms with Gasteiger partial charge in [0.05, 0.1) is 11.4 Å². The normalized spacial score (nSPS) is 10.4.